The van der Waals surface area contributed by atoms with Gasteiger partial charge in [0.05, 0.1) is 19.8 Å². The van der Waals surface area contributed by atoms with Crippen molar-refractivity contribution in [2.45, 2.75) is 65.7 Å². The minimum atomic E-state index is -0.450. The van der Waals surface area contributed by atoms with E-state index < -0.39 is 11.9 Å². The number of hydrogen-bond donors (Lipinski definition) is 2. The van der Waals surface area contributed by atoms with Crippen LogP contribution in [0.2, 0.25) is 0 Å². The number of aliphatic hydroxyl groups is 2. The summed E-state index contributed by atoms with van der Waals surface area (Å²) in [6.07, 6.45) is 6.10. The third kappa shape index (κ3) is 11.8. The Morgan fingerprint density at radius 3 is 1.87 bits per heavy atom. The lowest BCUT2D eigenvalue weighted by Crippen LogP contribution is -2.15. The highest BCUT2D eigenvalue weighted by atomic mass is 16.5. The fourth-order valence-corrected chi connectivity index (χ4v) is 5.12. The van der Waals surface area contributed by atoms with E-state index in [1.54, 1.807) is 13.8 Å². The van der Waals surface area contributed by atoms with E-state index in [4.69, 9.17) is 14.2 Å². The van der Waals surface area contributed by atoms with Gasteiger partial charge < -0.3 is 24.4 Å². The molecule has 0 saturated heterocycles. The topological polar surface area (TPSA) is 102 Å². The predicted molar refractivity (Wildman–Crippen MR) is 187 cm³/mol. The van der Waals surface area contributed by atoms with E-state index in [1.165, 1.54) is 24.8 Å². The van der Waals surface area contributed by atoms with Crippen LogP contribution in [0.3, 0.4) is 0 Å². The third-order valence-corrected chi connectivity index (χ3v) is 8.04. The summed E-state index contributed by atoms with van der Waals surface area (Å²) in [5.41, 5.74) is 8.01. The van der Waals surface area contributed by atoms with Crippen LogP contribution in [0, 0.1) is 5.92 Å². The maximum absolute atomic E-state index is 12.1. The van der Waals surface area contributed by atoms with Gasteiger partial charge in [-0.05, 0) is 84.2 Å². The Kier molecular flexibility index (Phi) is 15.4. The summed E-state index contributed by atoms with van der Waals surface area (Å²) in [6.45, 7) is 13.2. The lowest BCUT2D eigenvalue weighted by molar-refractivity contribution is -0.139. The second kappa shape index (κ2) is 19.5. The number of carbonyl (C=O) groups excluding carboxylic acids is 2. The quantitative estimate of drug-likeness (QED) is 0.0750. The molecule has 0 amide bonds. The summed E-state index contributed by atoms with van der Waals surface area (Å²) in [5.74, 6) is -0.485. The lowest BCUT2D eigenvalue weighted by atomic mass is 9.92. The fourth-order valence-electron chi connectivity index (χ4n) is 5.12. The number of rotatable bonds is 20. The van der Waals surface area contributed by atoms with Gasteiger partial charge in [0.25, 0.3) is 0 Å². The highest BCUT2D eigenvalue weighted by Gasteiger charge is 2.15. The van der Waals surface area contributed by atoms with E-state index in [-0.39, 0.29) is 32.3 Å². The molecule has 0 aliphatic heterocycles. The Hall–Kier alpha value is -4.20. The zero-order valence-corrected chi connectivity index (χ0v) is 28.2. The molecule has 0 fully saturated rings. The molecule has 0 saturated carbocycles. The minimum absolute atomic E-state index is 0.119. The SMILES string of the molecule is C=C(C)C(=O)OCCc1cc(-c2ccc(-c3ccc(CCCCC)cc3)cc2CCOC(=O)C(=C)C)ccc1OCCC(CO)CO. The van der Waals surface area contributed by atoms with Gasteiger partial charge in [-0.15, -0.1) is 0 Å². The van der Waals surface area contributed by atoms with Gasteiger partial charge in [0, 0.05) is 43.1 Å². The van der Waals surface area contributed by atoms with Crippen LogP contribution in [0.5, 0.6) is 5.75 Å². The number of unbranched alkanes of at least 4 members (excludes halogenated alkanes) is 2. The molecule has 0 aliphatic carbocycles. The number of aliphatic hydroxyl groups excluding tert-OH is 2. The molecule has 7 heteroatoms. The maximum Gasteiger partial charge on any atom is 0.333 e. The average Bonchev–Trinajstić information content (AvgIpc) is 3.07. The standard InChI is InChI=1S/C40H50O7/c1-6-7-8-9-30-10-12-32(13-11-30)33-14-16-37(35(24-33)19-22-46-39(43)28(2)3)34-15-17-38(45-21-18-31(26-41)27-42)36(25-34)20-23-47-40(44)29(4)5/h10-17,24-25,31,41-42H,2,4,6-9,18-23,26-27H2,1,3,5H3. The van der Waals surface area contributed by atoms with Crippen molar-refractivity contribution in [1.82, 2.24) is 0 Å². The van der Waals surface area contributed by atoms with Gasteiger partial charge in [-0.1, -0.05) is 81.5 Å². The molecule has 3 rings (SSSR count). The maximum atomic E-state index is 12.1. The van der Waals surface area contributed by atoms with Crippen molar-refractivity contribution in [3.63, 3.8) is 0 Å². The Labute approximate surface area is 279 Å². The van der Waals surface area contributed by atoms with Crippen LogP contribution < -0.4 is 4.74 Å². The summed E-state index contributed by atoms with van der Waals surface area (Å²) in [5, 5.41) is 18.9. The molecule has 0 spiro atoms. The summed E-state index contributed by atoms with van der Waals surface area (Å²) in [6, 6.07) is 21.0. The van der Waals surface area contributed by atoms with Crippen LogP contribution in [0.1, 0.15) is 63.1 Å². The zero-order chi connectivity index (χ0) is 34.2. The van der Waals surface area contributed by atoms with Gasteiger partial charge in [0.1, 0.15) is 5.75 Å². The molecule has 0 bridgehead atoms. The molecule has 7 nitrogen and oxygen atoms in total. The average molecular weight is 643 g/mol. The summed E-state index contributed by atoms with van der Waals surface area (Å²) < 4.78 is 16.9. The van der Waals surface area contributed by atoms with Crippen molar-refractivity contribution in [3.05, 3.63) is 102 Å². The highest BCUT2D eigenvalue weighted by molar-refractivity contribution is 5.87. The Morgan fingerprint density at radius 2 is 1.28 bits per heavy atom. The van der Waals surface area contributed by atoms with Gasteiger partial charge in [0.2, 0.25) is 0 Å². The number of aryl methyl sites for hydroxylation is 1. The summed E-state index contributed by atoms with van der Waals surface area (Å²) >= 11 is 0. The molecular formula is C40H50O7. The molecule has 47 heavy (non-hydrogen) atoms. The number of hydrogen-bond acceptors (Lipinski definition) is 7. The van der Waals surface area contributed by atoms with Gasteiger partial charge in [-0.2, -0.15) is 0 Å². The normalized spacial score (nSPS) is 10.9. The second-order valence-electron chi connectivity index (χ2n) is 12.0. The first-order chi connectivity index (χ1) is 22.7. The monoisotopic (exact) mass is 642 g/mol. The highest BCUT2D eigenvalue weighted by Crippen LogP contribution is 2.33. The summed E-state index contributed by atoms with van der Waals surface area (Å²) in [7, 11) is 0. The minimum Gasteiger partial charge on any atom is -0.493 e. The largest absolute Gasteiger partial charge is 0.493 e. The molecule has 3 aromatic rings. The van der Waals surface area contributed by atoms with Gasteiger partial charge >= 0.3 is 11.9 Å². The van der Waals surface area contributed by atoms with Crippen molar-refractivity contribution in [2.75, 3.05) is 33.0 Å². The fraction of sp³-hybridized carbons (Fsp3) is 0.400. The summed E-state index contributed by atoms with van der Waals surface area (Å²) in [4.78, 5) is 24.2. The predicted octanol–water partition coefficient (Wildman–Crippen LogP) is 7.45. The van der Waals surface area contributed by atoms with Gasteiger partial charge in [-0.3, -0.25) is 0 Å². The van der Waals surface area contributed by atoms with Crippen molar-refractivity contribution in [3.8, 4) is 28.0 Å². The van der Waals surface area contributed by atoms with Crippen LogP contribution in [-0.2, 0) is 38.3 Å². The molecule has 0 heterocycles. The van der Waals surface area contributed by atoms with E-state index in [9.17, 15) is 19.8 Å². The van der Waals surface area contributed by atoms with E-state index in [2.05, 4.69) is 62.5 Å². The van der Waals surface area contributed by atoms with Crippen molar-refractivity contribution in [1.29, 1.82) is 0 Å². The molecule has 0 atom stereocenters. The number of ether oxygens (including phenoxy) is 3. The molecule has 2 N–H and O–H groups in total. The first-order valence-corrected chi connectivity index (χ1v) is 16.5. The van der Waals surface area contributed by atoms with Crippen molar-refractivity contribution < 1.29 is 34.0 Å². The first kappa shape index (κ1) is 37.3. The van der Waals surface area contributed by atoms with Crippen molar-refractivity contribution >= 4 is 11.9 Å². The lowest BCUT2D eigenvalue weighted by Gasteiger charge is -2.18. The van der Waals surface area contributed by atoms with Crippen LogP contribution in [0.4, 0.5) is 0 Å². The van der Waals surface area contributed by atoms with Crippen molar-refractivity contribution in [2.24, 2.45) is 5.92 Å². The van der Waals surface area contributed by atoms with Gasteiger partial charge in [-0.25, -0.2) is 9.59 Å². The third-order valence-electron chi connectivity index (χ3n) is 8.04. The molecule has 0 aliphatic rings. The van der Waals surface area contributed by atoms with Crippen LogP contribution in [0.25, 0.3) is 22.3 Å². The molecule has 0 radical (unpaired) electrons. The number of carbonyl (C=O) groups is 2. The molecule has 0 unspecified atom stereocenters. The van der Waals surface area contributed by atoms with E-state index in [1.807, 2.05) is 18.2 Å². The van der Waals surface area contributed by atoms with Gasteiger partial charge in [0.15, 0.2) is 0 Å². The molecular weight excluding hydrogens is 592 g/mol. The van der Waals surface area contributed by atoms with E-state index in [0.29, 0.717) is 42.8 Å². The second-order valence-corrected chi connectivity index (χ2v) is 12.0. The Bertz CT molecular complexity index is 1480. The van der Waals surface area contributed by atoms with Crippen LogP contribution in [0.15, 0.2) is 85.0 Å². The van der Waals surface area contributed by atoms with E-state index in [0.717, 1.165) is 39.8 Å². The zero-order valence-electron chi connectivity index (χ0n) is 28.2. The molecule has 0 aromatic heterocycles. The van der Waals surface area contributed by atoms with Crippen LogP contribution in [-0.4, -0.2) is 55.2 Å². The smallest absolute Gasteiger partial charge is 0.333 e. The Balaban J connectivity index is 1.94. The Morgan fingerprint density at radius 1 is 0.702 bits per heavy atom. The number of esters is 2. The number of benzene rings is 3. The van der Waals surface area contributed by atoms with E-state index >= 15 is 0 Å². The first-order valence-electron chi connectivity index (χ1n) is 16.5. The van der Waals surface area contributed by atoms with Crippen LogP contribution >= 0.6 is 0 Å². The molecule has 3 aromatic carbocycles. The molecule has 252 valence electrons.